The van der Waals surface area contributed by atoms with Gasteiger partial charge in [0, 0.05) is 30.7 Å². The topological polar surface area (TPSA) is 58.4 Å². The Balaban J connectivity index is 1.74. The van der Waals surface area contributed by atoms with Crippen LogP contribution < -0.4 is 10.6 Å². The van der Waals surface area contributed by atoms with E-state index in [1.165, 1.54) is 5.56 Å². The number of aryl methyl sites for hydroxylation is 1. The third-order valence-electron chi connectivity index (χ3n) is 3.29. The van der Waals surface area contributed by atoms with Gasteiger partial charge in [-0.15, -0.1) is 11.8 Å². The number of hydrogen-bond donors (Lipinski definition) is 2. The lowest BCUT2D eigenvalue weighted by Crippen LogP contribution is -2.39. The number of carbonyl (C=O) groups excluding carboxylic acids is 1. The molecule has 2 heterocycles. The maximum Gasteiger partial charge on any atom is 0.230 e. The molecule has 1 amide bonds. The van der Waals surface area contributed by atoms with Crippen LogP contribution in [0, 0.1) is 6.92 Å². The summed E-state index contributed by atoms with van der Waals surface area (Å²) >= 11 is 1.59. The fourth-order valence-corrected chi connectivity index (χ4v) is 2.95. The molecule has 2 rings (SSSR count). The van der Waals surface area contributed by atoms with Crippen molar-refractivity contribution < 1.29 is 4.79 Å². The molecule has 0 spiro atoms. The van der Waals surface area contributed by atoms with Gasteiger partial charge >= 0.3 is 0 Å². The molecule has 0 saturated carbocycles. The zero-order valence-corrected chi connectivity index (χ0v) is 14.2. The molecule has 2 N–H and O–H groups in total. The zero-order valence-electron chi connectivity index (χ0n) is 13.4. The van der Waals surface area contributed by atoms with Gasteiger partial charge in [0.05, 0.1) is 11.4 Å². The van der Waals surface area contributed by atoms with E-state index in [9.17, 15) is 4.79 Å². The second-order valence-corrected chi connectivity index (χ2v) is 6.45. The summed E-state index contributed by atoms with van der Waals surface area (Å²) in [5.41, 5.74) is 3.16. The number of imidazole rings is 1. The SMILES string of the molecule is CCN[C@H](C)CNC(=O)CSCc1cn2cc(C)ccc2n1. The number of likely N-dealkylation sites (N-methyl/N-ethyl adjacent to an activating group) is 1. The number of amides is 1. The highest BCUT2D eigenvalue weighted by atomic mass is 32.2. The molecule has 0 radical (unpaired) electrons. The van der Waals surface area contributed by atoms with Crippen molar-refractivity contribution in [3.63, 3.8) is 0 Å². The molecular formula is C16H24N4OS. The monoisotopic (exact) mass is 320 g/mol. The number of nitrogens with one attached hydrogen (secondary N) is 2. The molecule has 2 aromatic heterocycles. The van der Waals surface area contributed by atoms with Crippen molar-refractivity contribution in [3.05, 3.63) is 35.8 Å². The van der Waals surface area contributed by atoms with Crippen LogP contribution in [0.4, 0.5) is 0 Å². The summed E-state index contributed by atoms with van der Waals surface area (Å²) in [6.45, 7) is 7.77. The minimum Gasteiger partial charge on any atom is -0.354 e. The average Bonchev–Trinajstić information content (AvgIpc) is 2.87. The number of thioether (sulfide) groups is 1. The molecule has 0 fully saturated rings. The number of rotatable bonds is 8. The van der Waals surface area contributed by atoms with E-state index in [2.05, 4.69) is 48.7 Å². The van der Waals surface area contributed by atoms with Crippen molar-refractivity contribution in [2.45, 2.75) is 32.6 Å². The summed E-state index contributed by atoms with van der Waals surface area (Å²) < 4.78 is 2.03. The summed E-state index contributed by atoms with van der Waals surface area (Å²) in [6, 6.07) is 4.37. The molecule has 0 aromatic carbocycles. The molecule has 120 valence electrons. The Morgan fingerprint density at radius 3 is 3.00 bits per heavy atom. The van der Waals surface area contributed by atoms with Crippen LogP contribution in [0.3, 0.4) is 0 Å². The molecule has 2 aromatic rings. The number of fused-ring (bicyclic) bond motifs is 1. The van der Waals surface area contributed by atoms with Gasteiger partial charge in [0.2, 0.25) is 5.91 Å². The Morgan fingerprint density at radius 2 is 2.23 bits per heavy atom. The van der Waals surface area contributed by atoms with E-state index in [4.69, 9.17) is 0 Å². The second-order valence-electron chi connectivity index (χ2n) is 5.46. The van der Waals surface area contributed by atoms with Crippen LogP contribution in [0.5, 0.6) is 0 Å². The average molecular weight is 320 g/mol. The standard InChI is InChI=1S/C16H24N4OS/c1-4-17-13(3)7-18-16(21)11-22-10-14-9-20-8-12(2)5-6-15(20)19-14/h5-6,8-9,13,17H,4,7,10-11H2,1-3H3,(H,18,21)/t13-/m1/s1. The molecule has 0 aliphatic carbocycles. The first-order chi connectivity index (χ1) is 10.6. The van der Waals surface area contributed by atoms with Gasteiger partial charge in [0.15, 0.2) is 0 Å². The minimum atomic E-state index is 0.0781. The van der Waals surface area contributed by atoms with Crippen molar-refractivity contribution in [1.29, 1.82) is 0 Å². The van der Waals surface area contributed by atoms with E-state index in [0.717, 1.165) is 23.6 Å². The van der Waals surface area contributed by atoms with Gasteiger partial charge in [-0.2, -0.15) is 0 Å². The molecule has 0 unspecified atom stereocenters. The third-order valence-corrected chi connectivity index (χ3v) is 4.26. The van der Waals surface area contributed by atoms with Gasteiger partial charge in [0.25, 0.3) is 0 Å². The van der Waals surface area contributed by atoms with Crippen LogP contribution in [0.2, 0.25) is 0 Å². The van der Waals surface area contributed by atoms with E-state index in [0.29, 0.717) is 18.3 Å². The number of hydrogen-bond acceptors (Lipinski definition) is 4. The van der Waals surface area contributed by atoms with Crippen molar-refractivity contribution >= 4 is 23.3 Å². The van der Waals surface area contributed by atoms with Crippen molar-refractivity contribution in [1.82, 2.24) is 20.0 Å². The molecule has 0 bridgehead atoms. The quantitative estimate of drug-likeness (QED) is 0.781. The van der Waals surface area contributed by atoms with E-state index >= 15 is 0 Å². The second kappa shape index (κ2) is 8.19. The molecule has 5 nitrogen and oxygen atoms in total. The van der Waals surface area contributed by atoms with Crippen LogP contribution in [-0.4, -0.2) is 40.2 Å². The highest BCUT2D eigenvalue weighted by Gasteiger charge is 2.06. The zero-order chi connectivity index (χ0) is 15.9. The molecule has 22 heavy (non-hydrogen) atoms. The summed E-state index contributed by atoms with van der Waals surface area (Å²) in [7, 11) is 0. The molecule has 0 saturated heterocycles. The first-order valence-electron chi connectivity index (χ1n) is 7.60. The maximum atomic E-state index is 11.8. The number of nitrogens with zero attached hydrogens (tertiary/aromatic N) is 2. The summed E-state index contributed by atoms with van der Waals surface area (Å²) in [5, 5.41) is 6.21. The Kier molecular flexibility index (Phi) is 6.27. The molecule has 6 heteroatoms. The number of pyridine rings is 1. The van der Waals surface area contributed by atoms with Gasteiger partial charge in [-0.25, -0.2) is 4.98 Å². The van der Waals surface area contributed by atoms with Crippen molar-refractivity contribution in [2.24, 2.45) is 0 Å². The van der Waals surface area contributed by atoms with Gasteiger partial charge in [0.1, 0.15) is 5.65 Å². The predicted molar refractivity (Wildman–Crippen MR) is 92.2 cm³/mol. The van der Waals surface area contributed by atoms with Crippen molar-refractivity contribution in [2.75, 3.05) is 18.8 Å². The van der Waals surface area contributed by atoms with Gasteiger partial charge < -0.3 is 15.0 Å². The lowest BCUT2D eigenvalue weighted by atomic mass is 10.3. The summed E-state index contributed by atoms with van der Waals surface area (Å²) in [4.78, 5) is 16.3. The van der Waals surface area contributed by atoms with Crippen molar-refractivity contribution in [3.8, 4) is 0 Å². The van der Waals surface area contributed by atoms with Crippen LogP contribution in [0.25, 0.3) is 5.65 Å². The normalized spacial score (nSPS) is 12.5. The maximum absolute atomic E-state index is 11.8. The number of carbonyl (C=O) groups is 1. The van der Waals surface area contributed by atoms with Crippen LogP contribution in [0.15, 0.2) is 24.5 Å². The summed E-state index contributed by atoms with van der Waals surface area (Å²) in [5.74, 6) is 1.29. The lowest BCUT2D eigenvalue weighted by molar-refractivity contribution is -0.118. The Hall–Kier alpha value is -1.53. The number of aromatic nitrogens is 2. The molecule has 0 aliphatic heterocycles. The van der Waals surface area contributed by atoms with E-state index in [-0.39, 0.29) is 5.91 Å². The van der Waals surface area contributed by atoms with E-state index in [1.54, 1.807) is 11.8 Å². The smallest absolute Gasteiger partial charge is 0.230 e. The highest BCUT2D eigenvalue weighted by Crippen LogP contribution is 2.13. The fraction of sp³-hybridized carbons (Fsp3) is 0.500. The minimum absolute atomic E-state index is 0.0781. The van der Waals surface area contributed by atoms with Crippen LogP contribution in [0.1, 0.15) is 25.1 Å². The van der Waals surface area contributed by atoms with E-state index < -0.39 is 0 Å². The van der Waals surface area contributed by atoms with Crippen LogP contribution >= 0.6 is 11.8 Å². The Morgan fingerprint density at radius 1 is 1.41 bits per heavy atom. The van der Waals surface area contributed by atoms with Crippen LogP contribution in [-0.2, 0) is 10.5 Å². The fourth-order valence-electron chi connectivity index (χ4n) is 2.21. The Labute approximate surface area is 135 Å². The molecule has 0 aliphatic rings. The lowest BCUT2D eigenvalue weighted by Gasteiger charge is -2.12. The first-order valence-corrected chi connectivity index (χ1v) is 8.76. The Bertz CT molecular complexity index is 626. The van der Waals surface area contributed by atoms with E-state index in [1.807, 2.05) is 16.7 Å². The van der Waals surface area contributed by atoms with Gasteiger partial charge in [-0.05, 0) is 32.0 Å². The van der Waals surface area contributed by atoms with Gasteiger partial charge in [-0.1, -0.05) is 13.0 Å². The predicted octanol–water partition coefficient (Wildman–Crippen LogP) is 1.99. The highest BCUT2D eigenvalue weighted by molar-refractivity contribution is 7.99. The molecular weight excluding hydrogens is 296 g/mol. The molecule has 1 atom stereocenters. The van der Waals surface area contributed by atoms with Gasteiger partial charge in [-0.3, -0.25) is 4.79 Å². The first kappa shape index (κ1) is 16.8. The third kappa shape index (κ3) is 5.03. The summed E-state index contributed by atoms with van der Waals surface area (Å²) in [6.07, 6.45) is 4.09. The largest absolute Gasteiger partial charge is 0.354 e.